The molecule has 1 aliphatic carbocycles. The molecular formula is C16H24O3. The van der Waals surface area contributed by atoms with Crippen LogP contribution >= 0.6 is 0 Å². The third-order valence-corrected chi connectivity index (χ3v) is 3.77. The average Bonchev–Trinajstić information content (AvgIpc) is 2.67. The first kappa shape index (κ1) is 14.2. The summed E-state index contributed by atoms with van der Waals surface area (Å²) in [4.78, 5) is 0. The van der Waals surface area contributed by atoms with Crippen LogP contribution in [0.2, 0.25) is 0 Å². The summed E-state index contributed by atoms with van der Waals surface area (Å²) in [6.45, 7) is 1.75. The van der Waals surface area contributed by atoms with Gasteiger partial charge in [0.05, 0.1) is 19.3 Å². The van der Waals surface area contributed by atoms with E-state index in [0.29, 0.717) is 11.9 Å². The second-order valence-corrected chi connectivity index (χ2v) is 5.32. The van der Waals surface area contributed by atoms with Gasteiger partial charge in [-0.2, -0.15) is 0 Å². The van der Waals surface area contributed by atoms with Crippen LogP contribution in [0.5, 0.6) is 11.5 Å². The van der Waals surface area contributed by atoms with Gasteiger partial charge >= 0.3 is 0 Å². The van der Waals surface area contributed by atoms with E-state index in [-0.39, 0.29) is 0 Å². The maximum Gasteiger partial charge on any atom is 0.161 e. The molecule has 0 heterocycles. The van der Waals surface area contributed by atoms with Crippen molar-refractivity contribution in [3.63, 3.8) is 0 Å². The summed E-state index contributed by atoms with van der Waals surface area (Å²) in [6.07, 6.45) is 7.20. The van der Waals surface area contributed by atoms with E-state index in [0.717, 1.165) is 24.2 Å². The van der Waals surface area contributed by atoms with Gasteiger partial charge in [-0.3, -0.25) is 0 Å². The van der Waals surface area contributed by atoms with Crippen molar-refractivity contribution in [1.29, 1.82) is 0 Å². The van der Waals surface area contributed by atoms with E-state index in [1.54, 1.807) is 14.0 Å². The molecule has 1 fully saturated rings. The number of ether oxygens (including phenoxy) is 2. The fourth-order valence-corrected chi connectivity index (χ4v) is 2.58. The number of hydrogen-bond acceptors (Lipinski definition) is 3. The van der Waals surface area contributed by atoms with Gasteiger partial charge in [0.2, 0.25) is 0 Å². The largest absolute Gasteiger partial charge is 0.493 e. The van der Waals surface area contributed by atoms with Crippen LogP contribution in [-0.4, -0.2) is 18.3 Å². The van der Waals surface area contributed by atoms with Crippen molar-refractivity contribution in [1.82, 2.24) is 0 Å². The topological polar surface area (TPSA) is 38.7 Å². The highest BCUT2D eigenvalue weighted by Crippen LogP contribution is 2.33. The van der Waals surface area contributed by atoms with Gasteiger partial charge < -0.3 is 14.6 Å². The number of methoxy groups -OCH3 is 1. The normalized spacial score (nSPS) is 18.7. The zero-order valence-electron chi connectivity index (χ0n) is 11.9. The molecule has 0 spiro atoms. The zero-order chi connectivity index (χ0) is 13.7. The maximum absolute atomic E-state index is 9.60. The fourth-order valence-electron chi connectivity index (χ4n) is 2.58. The highest BCUT2D eigenvalue weighted by molar-refractivity contribution is 5.43. The summed E-state index contributed by atoms with van der Waals surface area (Å²) in [5.74, 6) is 1.50. The molecule has 1 atom stereocenters. The van der Waals surface area contributed by atoms with Crippen molar-refractivity contribution < 1.29 is 14.6 Å². The third kappa shape index (κ3) is 3.87. The van der Waals surface area contributed by atoms with Crippen molar-refractivity contribution in [3.05, 3.63) is 23.8 Å². The van der Waals surface area contributed by atoms with Crippen molar-refractivity contribution in [3.8, 4) is 11.5 Å². The molecule has 0 amide bonds. The Labute approximate surface area is 115 Å². The van der Waals surface area contributed by atoms with Crippen LogP contribution in [0.1, 0.15) is 57.1 Å². The molecule has 0 bridgehead atoms. The van der Waals surface area contributed by atoms with Crippen molar-refractivity contribution in [2.45, 2.75) is 57.7 Å². The zero-order valence-corrected chi connectivity index (χ0v) is 11.9. The minimum absolute atomic E-state index is 0.300. The Kier molecular flexibility index (Phi) is 5.08. The Bertz CT molecular complexity index is 393. The minimum atomic E-state index is -0.485. The van der Waals surface area contributed by atoms with E-state index in [1.165, 1.54) is 25.7 Å². The summed E-state index contributed by atoms with van der Waals surface area (Å²) in [6, 6.07) is 5.67. The number of hydrogen-bond donors (Lipinski definition) is 1. The second-order valence-electron chi connectivity index (χ2n) is 5.32. The first-order chi connectivity index (χ1) is 9.20. The Hall–Kier alpha value is -1.22. The lowest BCUT2D eigenvalue weighted by Gasteiger charge is -2.19. The predicted molar refractivity (Wildman–Crippen MR) is 75.7 cm³/mol. The summed E-state index contributed by atoms with van der Waals surface area (Å²) in [5, 5.41) is 9.60. The van der Waals surface area contributed by atoms with Crippen LogP contribution < -0.4 is 9.47 Å². The number of rotatable bonds is 4. The van der Waals surface area contributed by atoms with Crippen molar-refractivity contribution in [2.75, 3.05) is 7.11 Å². The minimum Gasteiger partial charge on any atom is -0.493 e. The molecule has 3 heteroatoms. The highest BCUT2D eigenvalue weighted by Gasteiger charge is 2.16. The predicted octanol–water partition coefficient (Wildman–Crippen LogP) is 3.85. The smallest absolute Gasteiger partial charge is 0.161 e. The van der Waals surface area contributed by atoms with E-state index >= 15 is 0 Å². The molecule has 0 saturated heterocycles. The van der Waals surface area contributed by atoms with E-state index in [2.05, 4.69) is 0 Å². The van der Waals surface area contributed by atoms with Gasteiger partial charge in [-0.15, -0.1) is 0 Å². The van der Waals surface area contributed by atoms with Gasteiger partial charge in [-0.25, -0.2) is 0 Å². The van der Waals surface area contributed by atoms with E-state index in [4.69, 9.17) is 9.47 Å². The van der Waals surface area contributed by atoms with Gasteiger partial charge in [0.1, 0.15) is 0 Å². The lowest BCUT2D eigenvalue weighted by atomic mass is 10.1. The van der Waals surface area contributed by atoms with Gasteiger partial charge in [-0.1, -0.05) is 18.9 Å². The van der Waals surface area contributed by atoms with Crippen LogP contribution in [-0.2, 0) is 0 Å². The summed E-state index contributed by atoms with van der Waals surface area (Å²) < 4.78 is 11.5. The molecule has 106 valence electrons. The molecule has 1 aromatic rings. The third-order valence-electron chi connectivity index (χ3n) is 3.77. The molecule has 1 saturated carbocycles. The molecule has 1 aromatic carbocycles. The summed E-state index contributed by atoms with van der Waals surface area (Å²) in [7, 11) is 1.64. The molecule has 1 N–H and O–H groups in total. The molecule has 0 aromatic heterocycles. The average molecular weight is 264 g/mol. The van der Waals surface area contributed by atoms with Gasteiger partial charge in [0.25, 0.3) is 0 Å². The van der Waals surface area contributed by atoms with E-state index in [9.17, 15) is 5.11 Å². The quantitative estimate of drug-likeness (QED) is 0.839. The Morgan fingerprint density at radius 2 is 1.79 bits per heavy atom. The maximum atomic E-state index is 9.60. The van der Waals surface area contributed by atoms with Crippen LogP contribution in [0.4, 0.5) is 0 Å². The first-order valence-electron chi connectivity index (χ1n) is 7.23. The number of benzene rings is 1. The van der Waals surface area contributed by atoms with Crippen LogP contribution in [0, 0.1) is 0 Å². The molecular weight excluding hydrogens is 240 g/mol. The highest BCUT2D eigenvalue weighted by atomic mass is 16.5. The Morgan fingerprint density at radius 1 is 1.11 bits per heavy atom. The molecule has 1 unspecified atom stereocenters. The Morgan fingerprint density at radius 3 is 2.37 bits per heavy atom. The number of aliphatic hydroxyl groups is 1. The number of aliphatic hydroxyl groups excluding tert-OH is 1. The van der Waals surface area contributed by atoms with E-state index < -0.39 is 6.10 Å². The van der Waals surface area contributed by atoms with Crippen LogP contribution in [0.15, 0.2) is 18.2 Å². The van der Waals surface area contributed by atoms with Crippen molar-refractivity contribution >= 4 is 0 Å². The summed E-state index contributed by atoms with van der Waals surface area (Å²) >= 11 is 0. The summed E-state index contributed by atoms with van der Waals surface area (Å²) in [5.41, 5.74) is 0.852. The van der Waals surface area contributed by atoms with Crippen LogP contribution in [0.25, 0.3) is 0 Å². The van der Waals surface area contributed by atoms with Gasteiger partial charge in [0, 0.05) is 0 Å². The first-order valence-corrected chi connectivity index (χ1v) is 7.23. The van der Waals surface area contributed by atoms with E-state index in [1.807, 2.05) is 18.2 Å². The lowest BCUT2D eigenvalue weighted by Crippen LogP contribution is -2.15. The molecule has 0 radical (unpaired) electrons. The SMILES string of the molecule is COc1cc(C(C)O)ccc1OC1CCCCCC1. The van der Waals surface area contributed by atoms with Gasteiger partial charge in [0.15, 0.2) is 11.5 Å². The van der Waals surface area contributed by atoms with Gasteiger partial charge in [-0.05, 0) is 50.3 Å². The monoisotopic (exact) mass is 264 g/mol. The molecule has 2 rings (SSSR count). The lowest BCUT2D eigenvalue weighted by molar-refractivity contribution is 0.175. The van der Waals surface area contributed by atoms with Crippen molar-refractivity contribution in [2.24, 2.45) is 0 Å². The molecule has 3 nitrogen and oxygen atoms in total. The standard InChI is InChI=1S/C16H24O3/c1-12(17)13-9-10-15(16(11-13)18-2)19-14-7-5-3-4-6-8-14/h9-12,14,17H,3-8H2,1-2H3. The molecule has 19 heavy (non-hydrogen) atoms. The Balaban J connectivity index is 2.10. The van der Waals surface area contributed by atoms with Crippen LogP contribution in [0.3, 0.4) is 0 Å². The fraction of sp³-hybridized carbons (Fsp3) is 0.625. The molecule has 0 aliphatic heterocycles. The molecule has 1 aliphatic rings. The second kappa shape index (κ2) is 6.80.